The molecule has 1 N–H and O–H groups in total. The summed E-state index contributed by atoms with van der Waals surface area (Å²) in [6.07, 6.45) is 10.8. The number of nitrogens with zero attached hydrogens (tertiary/aromatic N) is 6. The molecule has 124 valence electrons. The second-order valence-electron chi connectivity index (χ2n) is 6.03. The minimum atomic E-state index is 0.441. The summed E-state index contributed by atoms with van der Waals surface area (Å²) in [6.45, 7) is 5.96. The highest BCUT2D eigenvalue weighted by atomic mass is 15.3. The third-order valence-corrected chi connectivity index (χ3v) is 4.52. The monoisotopic (exact) mass is 315 g/mol. The Hall–Kier alpha value is -2.31. The topological polar surface area (TPSA) is 63.3 Å². The van der Waals surface area contributed by atoms with Gasteiger partial charge < -0.3 is 14.8 Å². The summed E-state index contributed by atoms with van der Waals surface area (Å²) in [5, 5.41) is 7.67. The fourth-order valence-corrected chi connectivity index (χ4v) is 3.14. The number of hydrogen-bond acceptors (Lipinski definition) is 3. The predicted molar refractivity (Wildman–Crippen MR) is 90.2 cm³/mol. The Morgan fingerprint density at radius 2 is 2.26 bits per heavy atom. The van der Waals surface area contributed by atoms with Crippen molar-refractivity contribution in [1.82, 2.24) is 29.5 Å². The van der Waals surface area contributed by atoms with Crippen LogP contribution in [0.2, 0.25) is 0 Å². The molecule has 0 bridgehead atoms. The van der Waals surface area contributed by atoms with Gasteiger partial charge in [-0.1, -0.05) is 6.92 Å². The molecule has 2 aromatic rings. The maximum absolute atomic E-state index is 4.45. The molecule has 7 nitrogen and oxygen atoms in total. The molecule has 0 saturated carbocycles. The zero-order chi connectivity index (χ0) is 16.1. The van der Waals surface area contributed by atoms with Gasteiger partial charge in [0.05, 0.1) is 18.9 Å². The summed E-state index contributed by atoms with van der Waals surface area (Å²) in [5.74, 6) is 1.61. The van der Waals surface area contributed by atoms with Gasteiger partial charge in [0.1, 0.15) is 0 Å². The van der Waals surface area contributed by atoms with Gasteiger partial charge in [0.15, 0.2) is 5.96 Å². The van der Waals surface area contributed by atoms with Gasteiger partial charge in [-0.2, -0.15) is 5.10 Å². The van der Waals surface area contributed by atoms with Crippen molar-refractivity contribution in [2.24, 2.45) is 10.9 Å². The van der Waals surface area contributed by atoms with Crippen LogP contribution in [0.4, 0.5) is 0 Å². The van der Waals surface area contributed by atoms with E-state index in [4.69, 9.17) is 0 Å². The number of hydrogen-bond donors (Lipinski definition) is 1. The van der Waals surface area contributed by atoms with Crippen LogP contribution in [0.25, 0.3) is 0 Å². The standard InChI is InChI=1S/C16H25N7/c1-14-4-9-21(12-15(14)22-10-6-18-13-22)16(17-2)19-7-11-23-8-3-5-20-23/h3,5-6,8,10,13-15H,4,7,9,11-12H2,1-2H3,(H,17,19). The predicted octanol–water partition coefficient (Wildman–Crippen LogP) is 1.24. The Bertz CT molecular complexity index is 602. The molecule has 1 aliphatic heterocycles. The quantitative estimate of drug-likeness (QED) is 0.681. The first-order valence-electron chi connectivity index (χ1n) is 8.18. The molecule has 2 atom stereocenters. The van der Waals surface area contributed by atoms with Gasteiger partial charge in [-0.05, 0) is 18.4 Å². The zero-order valence-electron chi connectivity index (χ0n) is 13.8. The molecule has 2 aromatic heterocycles. The lowest BCUT2D eigenvalue weighted by Crippen LogP contribution is -2.49. The lowest BCUT2D eigenvalue weighted by Gasteiger charge is -2.39. The van der Waals surface area contributed by atoms with Crippen molar-refractivity contribution in [3.63, 3.8) is 0 Å². The van der Waals surface area contributed by atoms with Crippen molar-refractivity contribution >= 4 is 5.96 Å². The van der Waals surface area contributed by atoms with Gasteiger partial charge in [0.2, 0.25) is 0 Å². The van der Waals surface area contributed by atoms with Gasteiger partial charge >= 0.3 is 0 Å². The van der Waals surface area contributed by atoms with Crippen molar-refractivity contribution < 1.29 is 0 Å². The van der Waals surface area contributed by atoms with E-state index in [1.54, 1.807) is 6.20 Å². The van der Waals surface area contributed by atoms with Gasteiger partial charge in [-0.15, -0.1) is 0 Å². The van der Waals surface area contributed by atoms with Crippen LogP contribution in [-0.4, -0.2) is 56.9 Å². The van der Waals surface area contributed by atoms with Gasteiger partial charge in [-0.25, -0.2) is 4.98 Å². The third-order valence-electron chi connectivity index (χ3n) is 4.52. The van der Waals surface area contributed by atoms with Crippen LogP contribution in [-0.2, 0) is 6.54 Å². The molecule has 1 aliphatic rings. The van der Waals surface area contributed by atoms with Gasteiger partial charge in [0, 0.05) is 51.5 Å². The molecule has 0 aliphatic carbocycles. The van der Waals surface area contributed by atoms with E-state index in [2.05, 4.69) is 43.0 Å². The summed E-state index contributed by atoms with van der Waals surface area (Å²) in [5.41, 5.74) is 0. The van der Waals surface area contributed by atoms with Crippen molar-refractivity contribution in [3.8, 4) is 0 Å². The third kappa shape index (κ3) is 3.72. The van der Waals surface area contributed by atoms with Gasteiger partial charge in [0.25, 0.3) is 0 Å². The number of imidazole rings is 1. The van der Waals surface area contributed by atoms with Crippen molar-refractivity contribution in [2.45, 2.75) is 25.9 Å². The maximum Gasteiger partial charge on any atom is 0.193 e. The Balaban J connectivity index is 1.57. The minimum absolute atomic E-state index is 0.441. The summed E-state index contributed by atoms with van der Waals surface area (Å²) >= 11 is 0. The highest BCUT2D eigenvalue weighted by Gasteiger charge is 2.28. The van der Waals surface area contributed by atoms with Gasteiger partial charge in [-0.3, -0.25) is 9.67 Å². The van der Waals surface area contributed by atoms with Crippen molar-refractivity contribution in [3.05, 3.63) is 37.2 Å². The number of aromatic nitrogens is 4. The highest BCUT2D eigenvalue weighted by molar-refractivity contribution is 5.80. The Morgan fingerprint density at radius 3 is 2.96 bits per heavy atom. The minimum Gasteiger partial charge on any atom is -0.354 e. The number of likely N-dealkylation sites (tertiary alicyclic amines) is 1. The first-order valence-corrected chi connectivity index (χ1v) is 8.18. The number of aliphatic imine (C=N–C) groups is 1. The average Bonchev–Trinajstić information content (AvgIpc) is 3.26. The first-order chi connectivity index (χ1) is 11.3. The number of nitrogens with one attached hydrogen (secondary N) is 1. The van der Waals surface area contributed by atoms with E-state index in [1.807, 2.05) is 36.5 Å². The summed E-state index contributed by atoms with van der Waals surface area (Å²) in [6, 6.07) is 2.38. The van der Waals surface area contributed by atoms with Crippen LogP contribution in [0.5, 0.6) is 0 Å². The van der Waals surface area contributed by atoms with Crippen molar-refractivity contribution in [2.75, 3.05) is 26.7 Å². The fourth-order valence-electron chi connectivity index (χ4n) is 3.14. The Kier molecular flexibility index (Phi) is 4.95. The van der Waals surface area contributed by atoms with E-state index in [0.29, 0.717) is 12.0 Å². The molecule has 0 spiro atoms. The van der Waals surface area contributed by atoms with Crippen molar-refractivity contribution in [1.29, 1.82) is 0 Å². The van der Waals surface area contributed by atoms with E-state index in [0.717, 1.165) is 38.6 Å². The van der Waals surface area contributed by atoms with Crippen LogP contribution in [0.15, 0.2) is 42.2 Å². The normalized spacial score (nSPS) is 22.3. The van der Waals surface area contributed by atoms with Crippen LogP contribution in [0, 0.1) is 5.92 Å². The largest absolute Gasteiger partial charge is 0.354 e. The molecular formula is C16H25N7. The van der Waals surface area contributed by atoms with Crippen LogP contribution >= 0.6 is 0 Å². The molecule has 23 heavy (non-hydrogen) atoms. The summed E-state index contributed by atoms with van der Waals surface area (Å²) in [7, 11) is 1.85. The molecule has 0 radical (unpaired) electrons. The molecule has 2 unspecified atom stereocenters. The van der Waals surface area contributed by atoms with Crippen LogP contribution < -0.4 is 5.32 Å². The fraction of sp³-hybridized carbons (Fsp3) is 0.562. The first kappa shape index (κ1) is 15.6. The van der Waals surface area contributed by atoms with Crippen LogP contribution in [0.3, 0.4) is 0 Å². The molecule has 0 amide bonds. The lowest BCUT2D eigenvalue weighted by atomic mass is 9.93. The SMILES string of the molecule is CN=C(NCCn1cccn1)N1CCC(C)C(n2ccnc2)C1. The molecule has 1 fully saturated rings. The molecule has 7 heteroatoms. The van der Waals surface area contributed by atoms with E-state index >= 15 is 0 Å². The van der Waals surface area contributed by atoms with E-state index < -0.39 is 0 Å². The van der Waals surface area contributed by atoms with E-state index in [1.165, 1.54) is 0 Å². The number of guanidine groups is 1. The second-order valence-corrected chi connectivity index (χ2v) is 6.03. The number of piperidine rings is 1. The summed E-state index contributed by atoms with van der Waals surface area (Å²) < 4.78 is 4.14. The lowest BCUT2D eigenvalue weighted by molar-refractivity contribution is 0.189. The highest BCUT2D eigenvalue weighted by Crippen LogP contribution is 2.27. The second kappa shape index (κ2) is 7.30. The maximum atomic E-state index is 4.45. The number of rotatable bonds is 4. The zero-order valence-corrected chi connectivity index (χ0v) is 13.8. The van der Waals surface area contributed by atoms with E-state index in [9.17, 15) is 0 Å². The molecule has 1 saturated heterocycles. The average molecular weight is 315 g/mol. The molecular weight excluding hydrogens is 290 g/mol. The Labute approximate surface area is 137 Å². The molecule has 0 aromatic carbocycles. The summed E-state index contributed by atoms with van der Waals surface area (Å²) in [4.78, 5) is 11.0. The van der Waals surface area contributed by atoms with Crippen LogP contribution in [0.1, 0.15) is 19.4 Å². The molecule has 3 rings (SSSR count). The smallest absolute Gasteiger partial charge is 0.193 e. The molecule has 3 heterocycles. The Morgan fingerprint density at radius 1 is 1.35 bits per heavy atom. The van der Waals surface area contributed by atoms with E-state index in [-0.39, 0.29) is 0 Å².